The van der Waals surface area contributed by atoms with Gasteiger partial charge in [-0.15, -0.1) is 0 Å². The van der Waals surface area contributed by atoms with E-state index >= 15 is 0 Å². The summed E-state index contributed by atoms with van der Waals surface area (Å²) in [5.74, 6) is 0. The summed E-state index contributed by atoms with van der Waals surface area (Å²) in [7, 11) is 0.501. The molecule has 122 valence electrons. The van der Waals surface area contributed by atoms with E-state index in [1.807, 2.05) is 14.2 Å². The Morgan fingerprint density at radius 1 is 0.550 bits per heavy atom. The molecule has 2 nitrogen and oxygen atoms in total. The minimum Gasteiger partial charge on any atom is -0.419 e. The molecule has 0 amide bonds. The molecule has 0 spiro atoms. The minimum atomic E-state index is -1.69. The van der Waals surface area contributed by atoms with Gasteiger partial charge < -0.3 is 8.85 Å². The lowest BCUT2D eigenvalue weighted by molar-refractivity contribution is 0.358. The summed E-state index contributed by atoms with van der Waals surface area (Å²) in [5, 5.41) is 0. The molecule has 4 heteroatoms. The van der Waals surface area contributed by atoms with E-state index in [0.29, 0.717) is 22.2 Å². The zero-order valence-corrected chi connectivity index (χ0v) is 17.5. The third-order valence-corrected chi connectivity index (χ3v) is 17.5. The van der Waals surface area contributed by atoms with E-state index in [-0.39, 0.29) is 0 Å². The van der Waals surface area contributed by atoms with Crippen LogP contribution < -0.4 is 0 Å². The Hall–Kier alpha value is 0.354. The van der Waals surface area contributed by atoms with Crippen LogP contribution in [0.3, 0.4) is 0 Å². The van der Waals surface area contributed by atoms with Crippen LogP contribution in [0.15, 0.2) is 0 Å². The Morgan fingerprint density at radius 2 is 0.750 bits per heavy atom. The minimum absolute atomic E-state index is 0.662. The molecule has 0 fully saturated rings. The van der Waals surface area contributed by atoms with E-state index in [9.17, 15) is 0 Å². The van der Waals surface area contributed by atoms with Crippen molar-refractivity contribution in [1.29, 1.82) is 0 Å². The zero-order valence-electron chi connectivity index (χ0n) is 15.5. The van der Waals surface area contributed by atoms with Crippen LogP contribution in [0.1, 0.15) is 55.4 Å². The van der Waals surface area contributed by atoms with E-state index in [4.69, 9.17) is 8.85 Å². The van der Waals surface area contributed by atoms with Gasteiger partial charge in [0.1, 0.15) is 0 Å². The van der Waals surface area contributed by atoms with E-state index in [1.54, 1.807) is 0 Å². The van der Waals surface area contributed by atoms with Crippen molar-refractivity contribution >= 4 is 16.6 Å². The van der Waals surface area contributed by atoms with Crippen LogP contribution in [0.5, 0.6) is 0 Å². The lowest BCUT2D eigenvalue weighted by Crippen LogP contribution is -2.49. The summed E-state index contributed by atoms with van der Waals surface area (Å²) < 4.78 is 12.3. The monoisotopic (exact) mass is 318 g/mol. The van der Waals surface area contributed by atoms with Crippen molar-refractivity contribution in [3.63, 3.8) is 0 Å². The first kappa shape index (κ1) is 20.4. The Morgan fingerprint density at radius 3 is 0.850 bits per heavy atom. The molecule has 0 saturated heterocycles. The van der Waals surface area contributed by atoms with Crippen molar-refractivity contribution < 1.29 is 8.85 Å². The predicted octanol–water partition coefficient (Wildman–Crippen LogP) is 5.81. The van der Waals surface area contributed by atoms with Crippen LogP contribution in [0.2, 0.25) is 34.3 Å². The summed E-state index contributed by atoms with van der Waals surface area (Å²) in [6, 6.07) is 2.49. The van der Waals surface area contributed by atoms with Gasteiger partial charge in [0.2, 0.25) is 0 Å². The molecule has 0 atom stereocenters. The van der Waals surface area contributed by atoms with Crippen molar-refractivity contribution in [2.45, 2.75) is 89.6 Å². The van der Waals surface area contributed by atoms with E-state index in [1.165, 1.54) is 12.1 Å². The second-order valence-corrected chi connectivity index (χ2v) is 17.7. The van der Waals surface area contributed by atoms with Gasteiger partial charge in [-0.1, -0.05) is 55.4 Å². The summed E-state index contributed by atoms with van der Waals surface area (Å²) in [6.45, 7) is 18.8. The lowest BCUT2D eigenvalue weighted by atomic mass is 10.5. The fourth-order valence-corrected chi connectivity index (χ4v) is 14.4. The van der Waals surface area contributed by atoms with Crippen molar-refractivity contribution in [1.82, 2.24) is 0 Å². The molecule has 0 saturated carbocycles. The lowest BCUT2D eigenvalue weighted by Gasteiger charge is -2.43. The first-order valence-electron chi connectivity index (χ1n) is 8.21. The maximum Gasteiger partial charge on any atom is 0.197 e. The molecule has 0 aliphatic heterocycles. The van der Waals surface area contributed by atoms with Gasteiger partial charge >= 0.3 is 0 Å². The Labute approximate surface area is 129 Å². The van der Waals surface area contributed by atoms with Crippen LogP contribution in [-0.4, -0.2) is 30.9 Å². The second kappa shape index (κ2) is 8.11. The molecule has 0 bridgehead atoms. The van der Waals surface area contributed by atoms with Crippen LogP contribution >= 0.6 is 0 Å². The highest BCUT2D eigenvalue weighted by molar-refractivity contribution is 6.81. The molecule has 0 N–H and O–H groups in total. The van der Waals surface area contributed by atoms with Gasteiger partial charge in [0.25, 0.3) is 0 Å². The molecule has 20 heavy (non-hydrogen) atoms. The van der Waals surface area contributed by atoms with Gasteiger partial charge in [-0.05, 0) is 34.3 Å². The molecular formula is C16H38O2Si2. The third-order valence-electron chi connectivity index (χ3n) is 5.58. The van der Waals surface area contributed by atoms with Gasteiger partial charge in [-0.2, -0.15) is 0 Å². The zero-order chi connectivity index (χ0) is 16.1. The molecule has 0 aromatic rings. The molecular weight excluding hydrogens is 280 g/mol. The standard InChI is InChI=1S/C16H38O2Si2/c1-13(2)19(17-9,14(3)4)11-12-20(18-10,15(5)6)16(7)8/h13-16H,11-12H2,1-10H3. The van der Waals surface area contributed by atoms with Gasteiger partial charge in [-0.3, -0.25) is 0 Å². The van der Waals surface area contributed by atoms with Crippen molar-refractivity contribution in [3.8, 4) is 0 Å². The highest BCUT2D eigenvalue weighted by Crippen LogP contribution is 2.44. The molecule has 0 heterocycles. The van der Waals surface area contributed by atoms with Crippen molar-refractivity contribution in [3.05, 3.63) is 0 Å². The number of hydrogen-bond donors (Lipinski definition) is 0. The third kappa shape index (κ3) is 3.96. The van der Waals surface area contributed by atoms with E-state index < -0.39 is 16.6 Å². The van der Waals surface area contributed by atoms with E-state index in [2.05, 4.69) is 55.4 Å². The molecule has 0 aliphatic rings. The first-order valence-corrected chi connectivity index (χ1v) is 12.7. The van der Waals surface area contributed by atoms with Gasteiger partial charge in [-0.25, -0.2) is 0 Å². The molecule has 0 radical (unpaired) electrons. The topological polar surface area (TPSA) is 18.5 Å². The van der Waals surface area contributed by atoms with Crippen LogP contribution in [0, 0.1) is 0 Å². The maximum atomic E-state index is 6.17. The summed E-state index contributed by atoms with van der Waals surface area (Å²) in [6.07, 6.45) is 0. The summed E-state index contributed by atoms with van der Waals surface area (Å²) in [5.41, 5.74) is 2.65. The molecule has 0 aliphatic carbocycles. The average molecular weight is 319 g/mol. The first-order chi connectivity index (χ1) is 9.10. The normalized spacial score (nSPS) is 14.1. The molecule has 0 aromatic heterocycles. The molecule has 0 rings (SSSR count). The maximum absolute atomic E-state index is 6.17. The van der Waals surface area contributed by atoms with Crippen LogP contribution in [0.25, 0.3) is 0 Å². The van der Waals surface area contributed by atoms with Gasteiger partial charge in [0.05, 0.1) is 0 Å². The Balaban J connectivity index is 5.26. The second-order valence-electron chi connectivity index (χ2n) is 7.44. The van der Waals surface area contributed by atoms with Crippen LogP contribution in [0.4, 0.5) is 0 Å². The number of rotatable bonds is 9. The predicted molar refractivity (Wildman–Crippen MR) is 95.5 cm³/mol. The quantitative estimate of drug-likeness (QED) is 0.499. The highest BCUT2D eigenvalue weighted by atomic mass is 28.4. The Kier molecular flexibility index (Phi) is 8.25. The highest BCUT2D eigenvalue weighted by Gasteiger charge is 2.47. The van der Waals surface area contributed by atoms with Crippen molar-refractivity contribution in [2.75, 3.05) is 14.2 Å². The van der Waals surface area contributed by atoms with E-state index in [0.717, 1.165) is 0 Å². The largest absolute Gasteiger partial charge is 0.419 e. The fourth-order valence-electron chi connectivity index (χ4n) is 4.03. The van der Waals surface area contributed by atoms with Gasteiger partial charge in [0.15, 0.2) is 16.6 Å². The average Bonchev–Trinajstić information content (AvgIpc) is 2.33. The Bertz CT molecular complexity index is 232. The smallest absolute Gasteiger partial charge is 0.197 e. The van der Waals surface area contributed by atoms with Gasteiger partial charge in [0, 0.05) is 14.2 Å². The number of hydrogen-bond acceptors (Lipinski definition) is 2. The fraction of sp³-hybridized carbons (Fsp3) is 1.00. The molecule has 0 unspecified atom stereocenters. The van der Waals surface area contributed by atoms with Crippen molar-refractivity contribution in [2.24, 2.45) is 0 Å². The van der Waals surface area contributed by atoms with Crippen LogP contribution in [-0.2, 0) is 8.85 Å². The summed E-state index contributed by atoms with van der Waals surface area (Å²) in [4.78, 5) is 0. The SMILES string of the molecule is CO[Si](CC[Si](OC)(C(C)C)C(C)C)(C(C)C)C(C)C. The summed E-state index contributed by atoms with van der Waals surface area (Å²) >= 11 is 0. The molecule has 0 aromatic carbocycles.